The number of halogens is 1. The molecule has 0 bridgehead atoms. The van der Waals surface area contributed by atoms with E-state index < -0.39 is 0 Å². The Morgan fingerprint density at radius 1 is 1.10 bits per heavy atom. The molecule has 0 nitrogen and oxygen atoms in total. The van der Waals surface area contributed by atoms with Crippen LogP contribution in [0.15, 0.2) is 36.7 Å². The van der Waals surface area contributed by atoms with Gasteiger partial charge in [-0.15, -0.1) is 0 Å². The molecule has 1 aromatic carbocycles. The smallest absolute Gasteiger partial charge is 0.0827 e. The summed E-state index contributed by atoms with van der Waals surface area (Å²) in [5.74, 6) is 1.75. The molecule has 1 aliphatic carbocycles. The Morgan fingerprint density at radius 3 is 2.43 bits per heavy atom. The van der Waals surface area contributed by atoms with Crippen molar-refractivity contribution in [2.45, 2.75) is 70.6 Å². The zero-order valence-electron chi connectivity index (χ0n) is 13.4. The lowest BCUT2D eigenvalue weighted by Gasteiger charge is -2.29. The van der Waals surface area contributed by atoms with Gasteiger partial charge in [0.2, 0.25) is 0 Å². The van der Waals surface area contributed by atoms with Crippen LogP contribution in [0.2, 0.25) is 0 Å². The summed E-state index contributed by atoms with van der Waals surface area (Å²) in [5, 5.41) is 0. The molecule has 1 aliphatic rings. The van der Waals surface area contributed by atoms with Crippen LogP contribution in [0, 0.1) is 5.92 Å². The van der Waals surface area contributed by atoms with Gasteiger partial charge in [0.1, 0.15) is 0 Å². The Balaban J connectivity index is 1.80. The van der Waals surface area contributed by atoms with E-state index in [-0.39, 0.29) is 0 Å². The zero-order chi connectivity index (χ0) is 14.9. The third-order valence-corrected chi connectivity index (χ3v) is 4.95. The van der Waals surface area contributed by atoms with Crippen molar-refractivity contribution in [3.8, 4) is 0 Å². The van der Waals surface area contributed by atoms with E-state index in [2.05, 4.69) is 31.2 Å². The Hall–Kier alpha value is -1.11. The van der Waals surface area contributed by atoms with Gasteiger partial charge >= 0.3 is 0 Å². The van der Waals surface area contributed by atoms with Gasteiger partial charge in [-0.3, -0.25) is 0 Å². The summed E-state index contributed by atoms with van der Waals surface area (Å²) in [4.78, 5) is 0. The van der Waals surface area contributed by atoms with Gasteiger partial charge < -0.3 is 0 Å². The second-order valence-corrected chi connectivity index (χ2v) is 6.50. The highest BCUT2D eigenvalue weighted by atomic mass is 19.1. The maximum absolute atomic E-state index is 11.9. The average Bonchev–Trinajstić information content (AvgIpc) is 2.54. The van der Waals surface area contributed by atoms with Crippen LogP contribution in [0.4, 0.5) is 4.39 Å². The molecule has 0 aromatic heterocycles. The lowest BCUT2D eigenvalue weighted by molar-refractivity contribution is 0.304. The van der Waals surface area contributed by atoms with Crippen molar-refractivity contribution >= 4 is 0 Å². The predicted molar refractivity (Wildman–Crippen MR) is 89.2 cm³/mol. The third-order valence-electron chi connectivity index (χ3n) is 4.95. The van der Waals surface area contributed by atoms with Crippen LogP contribution in [-0.2, 0) is 6.42 Å². The van der Waals surface area contributed by atoms with E-state index in [1.165, 1.54) is 56.1 Å². The van der Waals surface area contributed by atoms with Gasteiger partial charge in [-0.25, -0.2) is 4.39 Å². The summed E-state index contributed by atoms with van der Waals surface area (Å²) in [7, 11) is 0. The molecule has 0 unspecified atom stereocenters. The lowest BCUT2D eigenvalue weighted by atomic mass is 9.77. The molecule has 1 heteroatoms. The van der Waals surface area contributed by atoms with Crippen molar-refractivity contribution < 1.29 is 4.39 Å². The first-order valence-corrected chi connectivity index (χ1v) is 8.67. The van der Waals surface area contributed by atoms with E-state index in [1.54, 1.807) is 6.08 Å². The SMILES string of the molecule is CCCCC1CCC(c2ccc(CC/C=C/F)cc2)CC1. The molecular weight excluding hydrogens is 259 g/mol. The normalized spacial score (nSPS) is 22.8. The van der Waals surface area contributed by atoms with E-state index in [9.17, 15) is 4.39 Å². The number of aryl methyl sites for hydroxylation is 1. The van der Waals surface area contributed by atoms with Crippen LogP contribution < -0.4 is 0 Å². The molecule has 1 aromatic rings. The quantitative estimate of drug-likeness (QED) is 0.532. The van der Waals surface area contributed by atoms with Crippen molar-refractivity contribution in [2.75, 3.05) is 0 Å². The van der Waals surface area contributed by atoms with Crippen molar-refractivity contribution in [2.24, 2.45) is 5.92 Å². The minimum Gasteiger partial charge on any atom is -0.216 e. The molecule has 0 amide bonds. The monoisotopic (exact) mass is 288 g/mol. The summed E-state index contributed by atoms with van der Waals surface area (Å²) in [6.45, 7) is 2.29. The molecule has 0 aliphatic heterocycles. The van der Waals surface area contributed by atoms with Crippen LogP contribution in [0.5, 0.6) is 0 Å². The van der Waals surface area contributed by atoms with E-state index >= 15 is 0 Å². The molecule has 0 radical (unpaired) electrons. The van der Waals surface area contributed by atoms with Crippen LogP contribution in [0.25, 0.3) is 0 Å². The second-order valence-electron chi connectivity index (χ2n) is 6.50. The Morgan fingerprint density at radius 2 is 1.81 bits per heavy atom. The molecule has 116 valence electrons. The highest BCUT2D eigenvalue weighted by Gasteiger charge is 2.21. The fraction of sp³-hybridized carbons (Fsp3) is 0.600. The van der Waals surface area contributed by atoms with Gasteiger partial charge in [0.15, 0.2) is 0 Å². The first kappa shape index (κ1) is 16.3. The predicted octanol–water partition coefficient (Wildman–Crippen LogP) is 6.57. The fourth-order valence-electron chi connectivity index (χ4n) is 3.55. The lowest BCUT2D eigenvalue weighted by Crippen LogP contribution is -2.13. The summed E-state index contributed by atoms with van der Waals surface area (Å²) in [6, 6.07) is 9.05. The van der Waals surface area contributed by atoms with Gasteiger partial charge in [0.25, 0.3) is 0 Å². The van der Waals surface area contributed by atoms with Crippen LogP contribution in [0.3, 0.4) is 0 Å². The molecule has 0 atom stereocenters. The van der Waals surface area contributed by atoms with Gasteiger partial charge in [0, 0.05) is 0 Å². The maximum Gasteiger partial charge on any atom is 0.0827 e. The molecular formula is C20H29F. The first-order valence-electron chi connectivity index (χ1n) is 8.67. The second kappa shape index (κ2) is 9.02. The van der Waals surface area contributed by atoms with Crippen molar-refractivity contribution in [1.29, 1.82) is 0 Å². The van der Waals surface area contributed by atoms with Gasteiger partial charge in [0.05, 0.1) is 6.33 Å². The average molecular weight is 288 g/mol. The molecule has 0 saturated heterocycles. The minimum atomic E-state index is 0.644. The minimum absolute atomic E-state index is 0.644. The van der Waals surface area contributed by atoms with E-state index in [1.807, 2.05) is 0 Å². The van der Waals surface area contributed by atoms with Crippen molar-refractivity contribution in [3.63, 3.8) is 0 Å². The summed E-state index contributed by atoms with van der Waals surface area (Å²) < 4.78 is 11.9. The Bertz CT molecular complexity index is 410. The first-order chi connectivity index (χ1) is 10.3. The number of rotatable bonds is 7. The number of hydrogen-bond acceptors (Lipinski definition) is 0. The van der Waals surface area contributed by atoms with Gasteiger partial charge in [-0.1, -0.05) is 56.5 Å². The van der Waals surface area contributed by atoms with Crippen molar-refractivity contribution in [1.82, 2.24) is 0 Å². The molecule has 2 rings (SSSR count). The number of benzene rings is 1. The Kier molecular flexibility index (Phi) is 6.99. The largest absolute Gasteiger partial charge is 0.216 e. The molecule has 0 spiro atoms. The number of unbranched alkanes of at least 4 members (excludes halogenated alkanes) is 1. The highest BCUT2D eigenvalue weighted by Crippen LogP contribution is 2.37. The summed E-state index contributed by atoms with van der Waals surface area (Å²) in [6.07, 6.45) is 13.7. The third kappa shape index (κ3) is 5.30. The van der Waals surface area contributed by atoms with Crippen LogP contribution in [0.1, 0.15) is 75.3 Å². The molecule has 21 heavy (non-hydrogen) atoms. The maximum atomic E-state index is 11.9. The standard InChI is InChI=1S/C20H29F/c1-2-3-6-17-8-12-19(13-9-17)20-14-10-18(11-15-20)7-4-5-16-21/h5,10-11,14-17,19H,2-4,6-9,12-13H2,1H3/b16-5+. The van der Waals surface area contributed by atoms with Gasteiger partial charge in [-0.2, -0.15) is 0 Å². The number of hydrogen-bond donors (Lipinski definition) is 0. The summed E-state index contributed by atoms with van der Waals surface area (Å²) >= 11 is 0. The van der Waals surface area contributed by atoms with Crippen LogP contribution in [-0.4, -0.2) is 0 Å². The molecule has 0 heterocycles. The Labute approximate surface area is 129 Å². The number of allylic oxidation sites excluding steroid dienone is 1. The van der Waals surface area contributed by atoms with Crippen LogP contribution >= 0.6 is 0 Å². The zero-order valence-corrected chi connectivity index (χ0v) is 13.4. The van der Waals surface area contributed by atoms with Crippen molar-refractivity contribution in [3.05, 3.63) is 47.8 Å². The molecule has 1 fully saturated rings. The van der Waals surface area contributed by atoms with E-state index in [0.717, 1.165) is 24.7 Å². The van der Waals surface area contributed by atoms with E-state index in [0.29, 0.717) is 6.33 Å². The molecule has 1 saturated carbocycles. The fourth-order valence-corrected chi connectivity index (χ4v) is 3.55. The topological polar surface area (TPSA) is 0 Å². The van der Waals surface area contributed by atoms with Gasteiger partial charge in [-0.05, 0) is 61.5 Å². The highest BCUT2D eigenvalue weighted by molar-refractivity contribution is 5.26. The summed E-state index contributed by atoms with van der Waals surface area (Å²) in [5.41, 5.74) is 2.82. The molecule has 0 N–H and O–H groups in total. The van der Waals surface area contributed by atoms with E-state index in [4.69, 9.17) is 0 Å².